The highest BCUT2D eigenvalue weighted by molar-refractivity contribution is 6.02. The summed E-state index contributed by atoms with van der Waals surface area (Å²) in [6.07, 6.45) is 4.26. The largest absolute Gasteiger partial charge is 0.348 e. The number of rotatable bonds is 4. The lowest BCUT2D eigenvalue weighted by molar-refractivity contribution is 0.0952. The van der Waals surface area contributed by atoms with E-state index in [0.29, 0.717) is 18.0 Å². The van der Waals surface area contributed by atoms with Gasteiger partial charge in [-0.05, 0) is 62.0 Å². The molecule has 26 heavy (non-hydrogen) atoms. The fourth-order valence-electron chi connectivity index (χ4n) is 3.74. The number of hydrogen-bond donors (Lipinski definition) is 2. The van der Waals surface area contributed by atoms with Crippen LogP contribution in [0.15, 0.2) is 48.7 Å². The number of carbonyl (C=O) groups is 1. The molecule has 0 radical (unpaired) electrons. The molecule has 5 nitrogen and oxygen atoms in total. The smallest absolute Gasteiger partial charge is 0.255 e. The first kappa shape index (κ1) is 16.8. The first-order chi connectivity index (χ1) is 12.7. The van der Waals surface area contributed by atoms with Crippen molar-refractivity contribution in [3.05, 3.63) is 71.0 Å². The Labute approximate surface area is 153 Å². The quantitative estimate of drug-likeness (QED) is 0.762. The Morgan fingerprint density at radius 2 is 2.00 bits per heavy atom. The summed E-state index contributed by atoms with van der Waals surface area (Å²) in [7, 11) is 0. The molecule has 5 heteroatoms. The van der Waals surface area contributed by atoms with Crippen LogP contribution in [-0.2, 0) is 6.54 Å². The van der Waals surface area contributed by atoms with Gasteiger partial charge in [0.25, 0.3) is 5.91 Å². The summed E-state index contributed by atoms with van der Waals surface area (Å²) in [5.41, 5.74) is 4.72. The molecule has 2 N–H and O–H groups in total. The van der Waals surface area contributed by atoms with E-state index in [-0.39, 0.29) is 5.91 Å². The van der Waals surface area contributed by atoms with Gasteiger partial charge in [-0.3, -0.25) is 4.79 Å². The number of hydrogen-bond acceptors (Lipinski definition) is 3. The monoisotopic (exact) mass is 348 g/mol. The van der Waals surface area contributed by atoms with E-state index in [9.17, 15) is 4.79 Å². The van der Waals surface area contributed by atoms with Crippen LogP contribution in [0.3, 0.4) is 0 Å². The zero-order valence-electron chi connectivity index (χ0n) is 15.0. The summed E-state index contributed by atoms with van der Waals surface area (Å²) in [4.78, 5) is 12.8. The molecule has 0 unspecified atom stereocenters. The number of nitrogens with zero attached hydrogens (tertiary/aromatic N) is 2. The minimum atomic E-state index is -0.0659. The van der Waals surface area contributed by atoms with Gasteiger partial charge in [-0.2, -0.15) is 5.10 Å². The van der Waals surface area contributed by atoms with Crippen LogP contribution in [0.2, 0.25) is 0 Å². The van der Waals surface area contributed by atoms with Crippen LogP contribution in [0.5, 0.6) is 0 Å². The minimum absolute atomic E-state index is 0.0659. The first-order valence-electron chi connectivity index (χ1n) is 9.24. The van der Waals surface area contributed by atoms with Crippen molar-refractivity contribution in [2.24, 2.45) is 0 Å². The molecular formula is C21H24N4O. The molecule has 1 aliphatic heterocycles. The van der Waals surface area contributed by atoms with Crippen LogP contribution in [0.25, 0.3) is 5.52 Å². The molecule has 3 heterocycles. The van der Waals surface area contributed by atoms with Crippen molar-refractivity contribution in [2.45, 2.75) is 32.2 Å². The Morgan fingerprint density at radius 3 is 2.77 bits per heavy atom. The highest BCUT2D eigenvalue weighted by atomic mass is 16.1. The van der Waals surface area contributed by atoms with Gasteiger partial charge in [0, 0.05) is 12.7 Å². The third-order valence-corrected chi connectivity index (χ3v) is 5.17. The van der Waals surface area contributed by atoms with Crippen LogP contribution in [0, 0.1) is 6.92 Å². The Morgan fingerprint density at radius 1 is 1.23 bits per heavy atom. The van der Waals surface area contributed by atoms with Gasteiger partial charge in [0.1, 0.15) is 0 Å². The lowest BCUT2D eigenvalue weighted by Gasteiger charge is -2.23. The van der Waals surface area contributed by atoms with Gasteiger partial charge in [-0.15, -0.1) is 0 Å². The second-order valence-corrected chi connectivity index (χ2v) is 6.94. The summed E-state index contributed by atoms with van der Waals surface area (Å²) in [5.74, 6) is 0.487. The molecule has 1 aromatic carbocycles. The Kier molecular flexibility index (Phi) is 4.71. The average Bonchev–Trinajstić information content (AvgIpc) is 3.02. The number of benzene rings is 1. The van der Waals surface area contributed by atoms with Gasteiger partial charge >= 0.3 is 0 Å². The van der Waals surface area contributed by atoms with Crippen molar-refractivity contribution in [1.29, 1.82) is 0 Å². The predicted molar refractivity (Wildman–Crippen MR) is 102 cm³/mol. The lowest BCUT2D eigenvalue weighted by Crippen LogP contribution is -2.26. The van der Waals surface area contributed by atoms with Gasteiger partial charge in [0.15, 0.2) is 0 Å². The molecule has 0 bridgehead atoms. The van der Waals surface area contributed by atoms with Crippen molar-refractivity contribution < 1.29 is 4.79 Å². The maximum absolute atomic E-state index is 12.8. The lowest BCUT2D eigenvalue weighted by atomic mass is 9.90. The van der Waals surface area contributed by atoms with Crippen LogP contribution in [0.4, 0.5) is 0 Å². The SMILES string of the molecule is Cc1nn2ccc(C3CCNCC3)cc2c1C(=O)NCc1ccccc1. The van der Waals surface area contributed by atoms with E-state index in [1.165, 1.54) is 5.56 Å². The summed E-state index contributed by atoms with van der Waals surface area (Å²) in [5, 5.41) is 11.0. The molecule has 0 atom stereocenters. The van der Waals surface area contributed by atoms with E-state index in [0.717, 1.165) is 42.7 Å². The van der Waals surface area contributed by atoms with Crippen LogP contribution < -0.4 is 10.6 Å². The molecule has 0 spiro atoms. The van der Waals surface area contributed by atoms with Gasteiger partial charge in [0.05, 0.1) is 16.8 Å². The Balaban J connectivity index is 1.60. The number of amides is 1. The normalized spacial score (nSPS) is 15.3. The molecule has 1 fully saturated rings. The average molecular weight is 348 g/mol. The summed E-state index contributed by atoms with van der Waals surface area (Å²) in [6.45, 7) is 4.52. The van der Waals surface area contributed by atoms with E-state index >= 15 is 0 Å². The third kappa shape index (κ3) is 3.35. The first-order valence-corrected chi connectivity index (χ1v) is 9.24. The number of piperidine rings is 1. The fraction of sp³-hybridized carbons (Fsp3) is 0.333. The van der Waals surface area contributed by atoms with E-state index in [1.54, 1.807) is 0 Å². The second-order valence-electron chi connectivity index (χ2n) is 6.94. The summed E-state index contributed by atoms with van der Waals surface area (Å²) < 4.78 is 1.82. The van der Waals surface area contributed by atoms with Gasteiger partial charge < -0.3 is 10.6 Å². The molecular weight excluding hydrogens is 324 g/mol. The standard InChI is InChI=1S/C21H24N4O/c1-15-20(21(26)23-14-16-5-3-2-4-6-16)19-13-18(9-12-25(19)24-15)17-7-10-22-11-8-17/h2-6,9,12-13,17,22H,7-8,10-11,14H2,1H3,(H,23,26). The number of aryl methyl sites for hydroxylation is 1. The fourth-order valence-corrected chi connectivity index (χ4v) is 3.74. The van der Waals surface area contributed by atoms with E-state index in [1.807, 2.05) is 48.0 Å². The minimum Gasteiger partial charge on any atom is -0.348 e. The molecule has 1 saturated heterocycles. The highest BCUT2D eigenvalue weighted by Gasteiger charge is 2.20. The zero-order chi connectivity index (χ0) is 17.9. The van der Waals surface area contributed by atoms with Crippen LogP contribution in [0.1, 0.15) is 45.9 Å². The van der Waals surface area contributed by atoms with Gasteiger partial charge in [0.2, 0.25) is 0 Å². The van der Waals surface area contributed by atoms with E-state index in [4.69, 9.17) is 0 Å². The number of nitrogens with one attached hydrogen (secondary N) is 2. The summed E-state index contributed by atoms with van der Waals surface area (Å²) in [6, 6.07) is 14.2. The Bertz CT molecular complexity index is 910. The van der Waals surface area contributed by atoms with Crippen molar-refractivity contribution >= 4 is 11.4 Å². The number of fused-ring (bicyclic) bond motifs is 1. The maximum Gasteiger partial charge on any atom is 0.255 e. The molecule has 0 saturated carbocycles. The van der Waals surface area contributed by atoms with Crippen LogP contribution in [-0.4, -0.2) is 28.6 Å². The molecule has 3 aromatic rings. The second kappa shape index (κ2) is 7.30. The zero-order valence-corrected chi connectivity index (χ0v) is 15.0. The van der Waals surface area contributed by atoms with Crippen molar-refractivity contribution in [3.63, 3.8) is 0 Å². The predicted octanol–water partition coefficient (Wildman–Crippen LogP) is 3.04. The van der Waals surface area contributed by atoms with Crippen molar-refractivity contribution in [2.75, 3.05) is 13.1 Å². The number of pyridine rings is 1. The van der Waals surface area contributed by atoms with Gasteiger partial charge in [-0.1, -0.05) is 30.3 Å². The topological polar surface area (TPSA) is 58.4 Å². The van der Waals surface area contributed by atoms with Crippen LogP contribution >= 0.6 is 0 Å². The molecule has 4 rings (SSSR count). The van der Waals surface area contributed by atoms with Crippen molar-refractivity contribution in [1.82, 2.24) is 20.2 Å². The molecule has 2 aromatic heterocycles. The molecule has 0 aliphatic carbocycles. The van der Waals surface area contributed by atoms with E-state index in [2.05, 4.69) is 27.9 Å². The Hall–Kier alpha value is -2.66. The molecule has 1 aliphatic rings. The summed E-state index contributed by atoms with van der Waals surface area (Å²) >= 11 is 0. The maximum atomic E-state index is 12.8. The third-order valence-electron chi connectivity index (χ3n) is 5.17. The van der Waals surface area contributed by atoms with Crippen molar-refractivity contribution in [3.8, 4) is 0 Å². The highest BCUT2D eigenvalue weighted by Crippen LogP contribution is 2.27. The number of aromatic nitrogens is 2. The number of carbonyl (C=O) groups excluding carboxylic acids is 1. The molecule has 1 amide bonds. The van der Waals surface area contributed by atoms with Gasteiger partial charge in [-0.25, -0.2) is 4.52 Å². The molecule has 134 valence electrons. The van der Waals surface area contributed by atoms with E-state index < -0.39 is 0 Å².